The molecule has 11 heteroatoms. The minimum Gasteiger partial charge on any atom is -0.469 e. The molecular weight excluding hydrogens is 1360 g/mol. The monoisotopic (exact) mass is 1540 g/mol. The van der Waals surface area contributed by atoms with E-state index in [1.165, 1.54) is 34.6 Å². The zero-order chi connectivity index (χ0) is 88.8. The summed E-state index contributed by atoms with van der Waals surface area (Å²) in [5.41, 5.74) is 11.3. The quantitative estimate of drug-likeness (QED) is 0.157. The Balaban J connectivity index is 0.00000127. The first-order valence-electron chi connectivity index (χ1n) is 42.1. The maximum absolute atomic E-state index is 5.71. The largest absolute Gasteiger partial charge is 0.469 e. The molecule has 0 spiro atoms. The van der Waals surface area contributed by atoms with Crippen LogP contribution in [-0.4, -0.2) is 49.2 Å². The van der Waals surface area contributed by atoms with Crippen LogP contribution in [0.5, 0.6) is 0 Å². The van der Waals surface area contributed by atoms with Crippen LogP contribution >= 0.6 is 0 Å². The van der Waals surface area contributed by atoms with E-state index in [9.17, 15) is 0 Å². The van der Waals surface area contributed by atoms with E-state index >= 15 is 0 Å². The summed E-state index contributed by atoms with van der Waals surface area (Å²) in [5.74, 6) is 5.26. The molecule has 0 N–H and O–H groups in total. The van der Waals surface area contributed by atoms with Gasteiger partial charge in [0.15, 0.2) is 12.8 Å². The van der Waals surface area contributed by atoms with Gasteiger partial charge >= 0.3 is 0 Å². The van der Waals surface area contributed by atoms with Crippen molar-refractivity contribution < 1.29 is 17.7 Å². The number of hydrogen-bond donors (Lipinski definition) is 0. The van der Waals surface area contributed by atoms with E-state index in [1.54, 1.807) is 25.4 Å². The highest BCUT2D eigenvalue weighted by molar-refractivity contribution is 6.07. The maximum Gasteiger partial charge on any atom is 0.181 e. The number of allylic oxidation sites excluding steroid dienone is 2. The van der Waals surface area contributed by atoms with Crippen LogP contribution in [0, 0.1) is 59.6 Å². The fourth-order valence-electron chi connectivity index (χ4n) is 11.4. The predicted octanol–water partition coefficient (Wildman–Crippen LogP) is 30.8. The Hall–Kier alpha value is -5.06. The molecular formula is C100H181N7O4. The normalized spacial score (nSPS) is 15.2. The molecule has 7 heterocycles. The molecule has 640 valence electrons. The van der Waals surface area contributed by atoms with Crippen LogP contribution in [0.1, 0.15) is 433 Å². The van der Waals surface area contributed by atoms with E-state index in [2.05, 4.69) is 424 Å². The molecule has 0 atom stereocenters. The molecule has 0 aliphatic carbocycles. The van der Waals surface area contributed by atoms with Gasteiger partial charge in [0.1, 0.15) is 35.2 Å². The minimum absolute atomic E-state index is 0.00259. The van der Waals surface area contributed by atoms with Crippen molar-refractivity contribution in [2.45, 2.75) is 436 Å². The number of aromatic nitrogens is 5. The number of oxazole rings is 2. The molecule has 0 bridgehead atoms. The summed E-state index contributed by atoms with van der Waals surface area (Å²) in [6.07, 6.45) is 14.2. The van der Waals surface area contributed by atoms with Crippen molar-refractivity contribution in [3.05, 3.63) is 119 Å². The number of aliphatic imine (C=N–C) groups is 2. The van der Waals surface area contributed by atoms with Crippen molar-refractivity contribution in [2.24, 2.45) is 69.5 Å². The van der Waals surface area contributed by atoms with Gasteiger partial charge in [-0.2, -0.15) is 5.10 Å². The van der Waals surface area contributed by atoms with Gasteiger partial charge in [0.05, 0.1) is 42.5 Å². The molecule has 0 aromatic carbocycles. The fourth-order valence-corrected chi connectivity index (χ4v) is 11.4. The first kappa shape index (κ1) is 106. The molecule has 0 unspecified atom stereocenters. The summed E-state index contributed by atoms with van der Waals surface area (Å²) >= 11 is 0. The standard InChI is InChI=1S/2C15H27N.C15H26O.2C14H25NO.C13H25N3.C11H18O.C3H8/c1-13(2,3)12-11(9-10-16-12)15(7,8)14(4,5)6;1-13(2,3)11-9-10-16-12(11)15(7,8)14(4,5)6;1-13(2,3)12-11(9-10-16-12)15(7,8)14(4,5)6;1-12(2,3)11-10(15-9-16-11)14(7,8)13(4,5)6;1-12(2,3)10-11(16-9-15-10)14(7,8)13(4,5)6;1-11(2,3)10-14-9-15-16(10)13(7,8)12(4,5)6;1-10(2,3)11(4,5)9-7-6-8-12-9;1-3-2/h2*9H,10H2,1-8H3;9-10H,1-8H3;3*9H,1-8H3;6-8H,1-5H3;3H2,1-2H3. The Bertz CT molecular complexity index is 3380. The summed E-state index contributed by atoms with van der Waals surface area (Å²) in [4.78, 5) is 22.7. The average molecular weight is 1550 g/mol. The molecule has 11 nitrogen and oxygen atoms in total. The predicted molar refractivity (Wildman–Crippen MR) is 486 cm³/mol. The molecule has 0 fully saturated rings. The number of nitrogens with zero attached hydrogens (tertiary/aromatic N) is 7. The lowest BCUT2D eigenvalue weighted by Crippen LogP contribution is -2.43. The van der Waals surface area contributed by atoms with Gasteiger partial charge in [0, 0.05) is 65.7 Å². The van der Waals surface area contributed by atoms with Crippen LogP contribution in [-0.2, 0) is 48.9 Å². The van der Waals surface area contributed by atoms with E-state index in [4.69, 9.17) is 27.7 Å². The van der Waals surface area contributed by atoms with Crippen molar-refractivity contribution in [3.63, 3.8) is 0 Å². The van der Waals surface area contributed by atoms with Crippen molar-refractivity contribution in [3.8, 4) is 0 Å². The third-order valence-electron chi connectivity index (χ3n) is 26.1. The molecule has 0 amide bonds. The summed E-state index contributed by atoms with van der Waals surface area (Å²) < 4.78 is 24.5. The minimum atomic E-state index is -0.0495. The summed E-state index contributed by atoms with van der Waals surface area (Å²) in [6, 6.07) is 6.12. The first-order chi connectivity index (χ1) is 48.6. The Kier molecular flexibility index (Phi) is 34.6. The van der Waals surface area contributed by atoms with Gasteiger partial charge in [-0.15, -0.1) is 0 Å². The third-order valence-corrected chi connectivity index (χ3v) is 26.1. The number of hydrogen-bond acceptors (Lipinski definition) is 10. The second-order valence-corrected chi connectivity index (χ2v) is 49.1. The molecule has 0 saturated carbocycles. The lowest BCUT2D eigenvalue weighted by molar-refractivity contribution is 0.115. The molecule has 2 aliphatic rings. The highest BCUT2D eigenvalue weighted by Crippen LogP contribution is 2.51. The molecule has 0 radical (unpaired) electrons. The Morgan fingerprint density at radius 2 is 0.703 bits per heavy atom. The van der Waals surface area contributed by atoms with Crippen LogP contribution in [0.2, 0.25) is 0 Å². The van der Waals surface area contributed by atoms with Crippen molar-refractivity contribution >= 4 is 11.4 Å². The van der Waals surface area contributed by atoms with Crippen LogP contribution in [0.25, 0.3) is 0 Å². The van der Waals surface area contributed by atoms with E-state index in [1.807, 2.05) is 18.4 Å². The summed E-state index contributed by atoms with van der Waals surface area (Å²) in [7, 11) is 0. The van der Waals surface area contributed by atoms with Gasteiger partial charge in [-0.05, 0) is 97.3 Å². The SMILES string of the molecule is CC(C)(C)C(C)(C)c1ccco1.CC(C)(C)C1=CCN=C1C(C)(C)C(C)(C)C.CC(C)(C)C1=NCC=C1C(C)(C)C(C)(C)C.CC(C)(C)c1ncnn1C(C)(C)C(C)(C)C.CC(C)(C)c1ncoc1C(C)(C)C(C)(C)C.CC(C)(C)c1occc1C(C)(C)C(C)(C)C.CC(C)(C)c1ocnc1C(C)(C)C(C)(C)C.CCC. The Morgan fingerprint density at radius 1 is 0.315 bits per heavy atom. The van der Waals surface area contributed by atoms with Crippen LogP contribution < -0.4 is 0 Å². The van der Waals surface area contributed by atoms with Gasteiger partial charge in [-0.1, -0.05) is 386 Å². The van der Waals surface area contributed by atoms with Crippen LogP contribution in [0.4, 0.5) is 0 Å². The molecule has 111 heavy (non-hydrogen) atoms. The van der Waals surface area contributed by atoms with E-state index in [-0.39, 0.29) is 108 Å². The van der Waals surface area contributed by atoms with Gasteiger partial charge in [-0.25, -0.2) is 19.6 Å². The zero-order valence-corrected chi connectivity index (χ0v) is 83.7. The van der Waals surface area contributed by atoms with Gasteiger partial charge in [0.2, 0.25) is 0 Å². The molecule has 0 saturated heterocycles. The molecule has 7 rings (SSSR count). The van der Waals surface area contributed by atoms with Gasteiger partial charge in [-0.3, -0.25) is 9.98 Å². The van der Waals surface area contributed by atoms with Crippen molar-refractivity contribution in [2.75, 3.05) is 13.1 Å². The first-order valence-corrected chi connectivity index (χ1v) is 42.1. The van der Waals surface area contributed by atoms with Gasteiger partial charge in [0.25, 0.3) is 0 Å². The van der Waals surface area contributed by atoms with Crippen LogP contribution in [0.15, 0.2) is 101 Å². The highest BCUT2D eigenvalue weighted by atomic mass is 16.3. The van der Waals surface area contributed by atoms with E-state index in [0.717, 1.165) is 53.3 Å². The topological polar surface area (TPSA) is 134 Å². The fraction of sp³-hybridized carbons (Fsp3) is 0.780. The Morgan fingerprint density at radius 3 is 1.05 bits per heavy atom. The van der Waals surface area contributed by atoms with Crippen LogP contribution in [0.3, 0.4) is 0 Å². The summed E-state index contributed by atoms with van der Waals surface area (Å²) in [6.45, 7) is 125. The summed E-state index contributed by atoms with van der Waals surface area (Å²) in [5, 5.41) is 4.43. The second-order valence-electron chi connectivity index (χ2n) is 49.1. The Labute approximate surface area is 687 Å². The number of rotatable bonds is 7. The highest BCUT2D eigenvalue weighted by Gasteiger charge is 2.47. The smallest absolute Gasteiger partial charge is 0.181 e. The zero-order valence-electron chi connectivity index (χ0n) is 83.7. The van der Waals surface area contributed by atoms with Crippen molar-refractivity contribution in [1.82, 2.24) is 24.7 Å². The van der Waals surface area contributed by atoms with Gasteiger partial charge < -0.3 is 17.7 Å². The second kappa shape index (κ2) is 36.2. The van der Waals surface area contributed by atoms with Crippen molar-refractivity contribution in [1.29, 1.82) is 0 Å². The lowest BCUT2D eigenvalue weighted by atomic mass is 9.62. The van der Waals surface area contributed by atoms with E-state index < -0.39 is 0 Å². The van der Waals surface area contributed by atoms with E-state index in [0.29, 0.717) is 0 Å². The molecule has 2 aliphatic heterocycles. The molecule has 5 aromatic heterocycles. The average Bonchev–Trinajstić information content (AvgIpc) is 1.74. The lowest BCUT2D eigenvalue weighted by Gasteiger charge is -2.42. The third kappa shape index (κ3) is 27.0. The number of furan rings is 2. The molecule has 5 aromatic rings. The maximum atomic E-state index is 5.71.